The van der Waals surface area contributed by atoms with Gasteiger partial charge in [-0.2, -0.15) is 13.2 Å². The number of benzene rings is 1. The van der Waals surface area contributed by atoms with E-state index >= 15 is 0 Å². The van der Waals surface area contributed by atoms with E-state index in [0.29, 0.717) is 19.2 Å². The second-order valence-corrected chi connectivity index (χ2v) is 3.99. The summed E-state index contributed by atoms with van der Waals surface area (Å²) < 4.78 is 43.8. The normalized spacial score (nSPS) is 20.9. The summed E-state index contributed by atoms with van der Waals surface area (Å²) in [6, 6.07) is 1.42. The number of phenolic OH excluding ortho intramolecular Hbond substituents is 2. The van der Waals surface area contributed by atoms with Gasteiger partial charge in [0, 0.05) is 13.1 Å². The van der Waals surface area contributed by atoms with Gasteiger partial charge in [0.1, 0.15) is 0 Å². The molecule has 2 rings (SSSR count). The molecule has 0 bridgehead atoms. The average molecular weight is 263 g/mol. The van der Waals surface area contributed by atoms with E-state index in [1.807, 2.05) is 0 Å². The Kier molecular flexibility index (Phi) is 3.36. The predicted octanol–water partition coefficient (Wildman–Crippen LogP) is 1.78. The van der Waals surface area contributed by atoms with Gasteiger partial charge < -0.3 is 20.3 Å². The highest BCUT2D eigenvalue weighted by molar-refractivity contribution is 5.47. The number of hydrogen-bond acceptors (Lipinski definition) is 4. The third kappa shape index (κ3) is 2.51. The first-order chi connectivity index (χ1) is 8.39. The van der Waals surface area contributed by atoms with Gasteiger partial charge in [0.05, 0.1) is 18.3 Å². The molecule has 100 valence electrons. The predicted molar refractivity (Wildman–Crippen MR) is 56.3 cm³/mol. The first-order valence-corrected chi connectivity index (χ1v) is 5.35. The summed E-state index contributed by atoms with van der Waals surface area (Å²) in [6.07, 6.45) is -5.40. The van der Waals surface area contributed by atoms with E-state index in [1.165, 1.54) is 0 Å². The van der Waals surface area contributed by atoms with Gasteiger partial charge in [-0.25, -0.2) is 0 Å². The maximum absolute atomic E-state index is 12.8. The van der Waals surface area contributed by atoms with Crippen molar-refractivity contribution in [3.05, 3.63) is 23.3 Å². The van der Waals surface area contributed by atoms with Crippen molar-refractivity contribution in [2.45, 2.75) is 12.3 Å². The molecule has 3 N–H and O–H groups in total. The molecule has 1 saturated heterocycles. The zero-order valence-corrected chi connectivity index (χ0v) is 9.29. The highest BCUT2D eigenvalue weighted by atomic mass is 19.4. The van der Waals surface area contributed by atoms with Crippen LogP contribution in [-0.4, -0.2) is 29.9 Å². The van der Waals surface area contributed by atoms with Crippen LogP contribution in [0.4, 0.5) is 13.2 Å². The third-order valence-electron chi connectivity index (χ3n) is 2.73. The lowest BCUT2D eigenvalue weighted by molar-refractivity contribution is -0.140. The van der Waals surface area contributed by atoms with Gasteiger partial charge in [0.15, 0.2) is 11.5 Å². The number of ether oxygens (including phenoxy) is 1. The van der Waals surface area contributed by atoms with Gasteiger partial charge in [-0.05, 0) is 17.7 Å². The Morgan fingerprint density at radius 3 is 2.44 bits per heavy atom. The molecule has 0 radical (unpaired) electrons. The standard InChI is InChI=1S/C11H12F3NO3/c12-11(13,14)7-4-9(17)8(16)3-6(7)10-5-15-1-2-18-10/h3-4,10,15-17H,1-2,5H2. The smallest absolute Gasteiger partial charge is 0.416 e. The first-order valence-electron chi connectivity index (χ1n) is 5.35. The molecule has 1 aliphatic rings. The third-order valence-corrected chi connectivity index (χ3v) is 2.73. The van der Waals surface area contributed by atoms with E-state index in [0.717, 1.165) is 6.07 Å². The van der Waals surface area contributed by atoms with Crippen LogP contribution in [0.1, 0.15) is 17.2 Å². The quantitative estimate of drug-likeness (QED) is 0.676. The van der Waals surface area contributed by atoms with E-state index < -0.39 is 29.3 Å². The number of hydrogen-bond donors (Lipinski definition) is 3. The van der Waals surface area contributed by atoms with Crippen LogP contribution < -0.4 is 5.32 Å². The van der Waals surface area contributed by atoms with Crippen molar-refractivity contribution in [2.24, 2.45) is 0 Å². The number of phenols is 2. The summed E-state index contributed by atoms with van der Waals surface area (Å²) in [7, 11) is 0. The molecule has 7 heteroatoms. The van der Waals surface area contributed by atoms with E-state index in [4.69, 9.17) is 4.74 Å². The van der Waals surface area contributed by atoms with Crippen molar-refractivity contribution in [2.75, 3.05) is 19.7 Å². The Morgan fingerprint density at radius 1 is 1.22 bits per heavy atom. The summed E-state index contributed by atoms with van der Waals surface area (Å²) in [5.74, 6) is -1.39. The number of morpholine rings is 1. The van der Waals surface area contributed by atoms with Gasteiger partial charge in [-0.3, -0.25) is 0 Å². The van der Waals surface area contributed by atoms with Crippen LogP contribution in [-0.2, 0) is 10.9 Å². The molecule has 0 saturated carbocycles. The minimum Gasteiger partial charge on any atom is -0.504 e. The molecule has 1 aromatic carbocycles. The maximum Gasteiger partial charge on any atom is 0.416 e. The SMILES string of the molecule is Oc1cc(C2CNCCO2)c(C(F)(F)F)cc1O. The van der Waals surface area contributed by atoms with Crippen LogP contribution in [0.2, 0.25) is 0 Å². The van der Waals surface area contributed by atoms with Crippen LogP contribution in [0, 0.1) is 0 Å². The number of aromatic hydroxyl groups is 2. The van der Waals surface area contributed by atoms with Crippen LogP contribution in [0.5, 0.6) is 11.5 Å². The van der Waals surface area contributed by atoms with Crippen molar-refractivity contribution in [3.8, 4) is 11.5 Å². The minimum atomic E-state index is -4.61. The molecule has 4 nitrogen and oxygen atoms in total. The van der Waals surface area contributed by atoms with Crippen molar-refractivity contribution in [1.29, 1.82) is 0 Å². The number of rotatable bonds is 1. The average Bonchev–Trinajstić information content (AvgIpc) is 2.32. The highest BCUT2D eigenvalue weighted by Crippen LogP contribution is 2.41. The maximum atomic E-state index is 12.8. The van der Waals surface area contributed by atoms with E-state index in [-0.39, 0.29) is 12.1 Å². The summed E-state index contributed by atoms with van der Waals surface area (Å²) >= 11 is 0. The largest absolute Gasteiger partial charge is 0.504 e. The molecule has 1 unspecified atom stereocenters. The van der Waals surface area contributed by atoms with Crippen LogP contribution >= 0.6 is 0 Å². The molecule has 1 atom stereocenters. The fourth-order valence-electron chi connectivity index (χ4n) is 1.87. The molecule has 1 heterocycles. The molecular weight excluding hydrogens is 251 g/mol. The van der Waals surface area contributed by atoms with Gasteiger partial charge in [0.25, 0.3) is 0 Å². The van der Waals surface area contributed by atoms with E-state index in [2.05, 4.69) is 5.32 Å². The molecular formula is C11H12F3NO3. The Morgan fingerprint density at radius 2 is 1.89 bits per heavy atom. The number of alkyl halides is 3. The Hall–Kier alpha value is -1.47. The summed E-state index contributed by atoms with van der Waals surface area (Å²) in [5, 5.41) is 21.4. The minimum absolute atomic E-state index is 0.176. The Balaban J connectivity index is 2.46. The van der Waals surface area contributed by atoms with Gasteiger partial charge in [0.2, 0.25) is 0 Å². The zero-order valence-electron chi connectivity index (χ0n) is 9.29. The molecule has 18 heavy (non-hydrogen) atoms. The molecule has 1 aliphatic heterocycles. The van der Waals surface area contributed by atoms with Crippen molar-refractivity contribution >= 4 is 0 Å². The van der Waals surface area contributed by atoms with Gasteiger partial charge >= 0.3 is 6.18 Å². The molecule has 0 amide bonds. The topological polar surface area (TPSA) is 61.7 Å². The second-order valence-electron chi connectivity index (χ2n) is 3.99. The van der Waals surface area contributed by atoms with Crippen molar-refractivity contribution < 1.29 is 28.1 Å². The molecule has 0 aliphatic carbocycles. The summed E-state index contributed by atoms with van der Waals surface area (Å²) in [6.45, 7) is 1.10. The van der Waals surface area contributed by atoms with Gasteiger partial charge in [-0.1, -0.05) is 0 Å². The van der Waals surface area contributed by atoms with Crippen molar-refractivity contribution in [1.82, 2.24) is 5.32 Å². The van der Waals surface area contributed by atoms with Crippen molar-refractivity contribution in [3.63, 3.8) is 0 Å². The Labute approximate surface area is 101 Å². The number of nitrogens with one attached hydrogen (secondary N) is 1. The summed E-state index contributed by atoms with van der Waals surface area (Å²) in [5.41, 5.74) is -1.17. The Bertz CT molecular complexity index is 442. The van der Waals surface area contributed by atoms with Crippen LogP contribution in [0.15, 0.2) is 12.1 Å². The van der Waals surface area contributed by atoms with Crippen LogP contribution in [0.3, 0.4) is 0 Å². The monoisotopic (exact) mass is 263 g/mol. The molecule has 0 aromatic heterocycles. The summed E-state index contributed by atoms with van der Waals surface area (Å²) in [4.78, 5) is 0. The van der Waals surface area contributed by atoms with E-state index in [9.17, 15) is 23.4 Å². The fourth-order valence-corrected chi connectivity index (χ4v) is 1.87. The van der Waals surface area contributed by atoms with Gasteiger partial charge in [-0.15, -0.1) is 0 Å². The first kappa shape index (κ1) is 13.0. The zero-order chi connectivity index (χ0) is 13.3. The lowest BCUT2D eigenvalue weighted by Crippen LogP contribution is -2.34. The second kappa shape index (κ2) is 4.66. The lowest BCUT2D eigenvalue weighted by atomic mass is 10.00. The lowest BCUT2D eigenvalue weighted by Gasteiger charge is -2.26. The van der Waals surface area contributed by atoms with Crippen LogP contribution in [0.25, 0.3) is 0 Å². The number of halogens is 3. The van der Waals surface area contributed by atoms with E-state index in [1.54, 1.807) is 0 Å². The molecule has 1 fully saturated rings. The fraction of sp³-hybridized carbons (Fsp3) is 0.455. The molecule has 0 spiro atoms. The highest BCUT2D eigenvalue weighted by Gasteiger charge is 2.37. The molecule has 1 aromatic rings.